The Morgan fingerprint density at radius 1 is 1.38 bits per heavy atom. The number of esters is 1. The highest BCUT2D eigenvalue weighted by Crippen LogP contribution is 2.20. The second-order valence-corrected chi connectivity index (χ2v) is 5.99. The van der Waals surface area contributed by atoms with Crippen LogP contribution in [0.4, 0.5) is 0 Å². The summed E-state index contributed by atoms with van der Waals surface area (Å²) in [5.41, 5.74) is -0.498. The largest absolute Gasteiger partial charge is 0.458 e. The highest BCUT2D eigenvalue weighted by Gasteiger charge is 2.33. The van der Waals surface area contributed by atoms with Gasteiger partial charge in [-0.1, -0.05) is 0 Å². The van der Waals surface area contributed by atoms with E-state index in [9.17, 15) is 9.59 Å². The highest BCUT2D eigenvalue weighted by atomic mass is 32.2. The van der Waals surface area contributed by atoms with E-state index >= 15 is 0 Å². The van der Waals surface area contributed by atoms with Gasteiger partial charge in [0.1, 0.15) is 11.6 Å². The second kappa shape index (κ2) is 5.08. The molecule has 92 valence electrons. The van der Waals surface area contributed by atoms with Crippen LogP contribution in [0, 0.1) is 0 Å². The predicted molar refractivity (Wildman–Crippen MR) is 64.3 cm³/mol. The molecule has 1 aliphatic heterocycles. The Labute approximate surface area is 101 Å². The molecule has 0 radical (unpaired) electrons. The van der Waals surface area contributed by atoms with Gasteiger partial charge in [-0.2, -0.15) is 11.8 Å². The van der Waals surface area contributed by atoms with E-state index in [0.717, 1.165) is 5.75 Å². The maximum absolute atomic E-state index is 11.9. The number of amides is 1. The van der Waals surface area contributed by atoms with E-state index in [1.807, 2.05) is 20.8 Å². The van der Waals surface area contributed by atoms with Crippen LogP contribution in [0.5, 0.6) is 0 Å². The third-order valence-electron chi connectivity index (χ3n) is 2.21. The Morgan fingerprint density at radius 3 is 2.50 bits per heavy atom. The van der Waals surface area contributed by atoms with Crippen LogP contribution in [0.3, 0.4) is 0 Å². The third kappa shape index (κ3) is 3.70. The fourth-order valence-electron chi connectivity index (χ4n) is 1.55. The smallest absolute Gasteiger partial charge is 0.330 e. The lowest BCUT2D eigenvalue weighted by atomic mass is 10.2. The zero-order chi connectivity index (χ0) is 12.3. The molecule has 4 nitrogen and oxygen atoms in total. The highest BCUT2D eigenvalue weighted by molar-refractivity contribution is 7.99. The van der Waals surface area contributed by atoms with Gasteiger partial charge in [-0.25, -0.2) is 4.79 Å². The molecular formula is C11H19NO3S. The number of ether oxygens (including phenoxy) is 1. The molecule has 1 heterocycles. The van der Waals surface area contributed by atoms with E-state index in [2.05, 4.69) is 0 Å². The zero-order valence-electron chi connectivity index (χ0n) is 10.3. The van der Waals surface area contributed by atoms with Gasteiger partial charge in [-0.05, 0) is 20.8 Å². The topological polar surface area (TPSA) is 46.6 Å². The average molecular weight is 245 g/mol. The number of carbonyl (C=O) groups excluding carboxylic acids is 2. The van der Waals surface area contributed by atoms with Gasteiger partial charge < -0.3 is 9.64 Å². The fraction of sp³-hybridized carbons (Fsp3) is 0.818. The molecule has 1 saturated heterocycles. The summed E-state index contributed by atoms with van der Waals surface area (Å²) >= 11 is 1.68. The molecule has 1 aliphatic rings. The van der Waals surface area contributed by atoms with Crippen LogP contribution in [-0.4, -0.2) is 46.5 Å². The minimum atomic E-state index is -0.498. The van der Waals surface area contributed by atoms with E-state index in [1.165, 1.54) is 6.92 Å². The van der Waals surface area contributed by atoms with Crippen LogP contribution >= 0.6 is 11.8 Å². The molecule has 16 heavy (non-hydrogen) atoms. The molecule has 0 aromatic carbocycles. The van der Waals surface area contributed by atoms with Gasteiger partial charge in [0.25, 0.3) is 0 Å². The molecule has 1 amide bonds. The summed E-state index contributed by atoms with van der Waals surface area (Å²) in [6.45, 7) is 7.62. The molecule has 0 saturated carbocycles. The molecule has 0 aliphatic carbocycles. The number of hydrogen-bond donors (Lipinski definition) is 0. The Hall–Kier alpha value is -0.710. The molecule has 0 spiro atoms. The summed E-state index contributed by atoms with van der Waals surface area (Å²) in [7, 11) is 0. The van der Waals surface area contributed by atoms with Gasteiger partial charge in [0.05, 0.1) is 0 Å². The van der Waals surface area contributed by atoms with Crippen molar-refractivity contribution in [3.63, 3.8) is 0 Å². The first-order chi connectivity index (χ1) is 7.31. The number of rotatable bonds is 1. The van der Waals surface area contributed by atoms with Gasteiger partial charge in [-0.15, -0.1) is 0 Å². The fourth-order valence-corrected chi connectivity index (χ4v) is 2.58. The van der Waals surface area contributed by atoms with Crippen LogP contribution < -0.4 is 0 Å². The summed E-state index contributed by atoms with van der Waals surface area (Å²) in [5, 5.41) is 0. The second-order valence-electron chi connectivity index (χ2n) is 4.84. The Bertz CT molecular complexity index is 285. The lowest BCUT2D eigenvalue weighted by Gasteiger charge is -2.34. The number of nitrogens with zero attached hydrogens (tertiary/aromatic N) is 1. The average Bonchev–Trinajstić information content (AvgIpc) is 2.15. The normalized spacial score (nSPS) is 21.8. The van der Waals surface area contributed by atoms with Crippen molar-refractivity contribution < 1.29 is 14.3 Å². The molecule has 1 atom stereocenters. The van der Waals surface area contributed by atoms with Crippen LogP contribution in [0.25, 0.3) is 0 Å². The van der Waals surface area contributed by atoms with Crippen molar-refractivity contribution in [1.29, 1.82) is 0 Å². The molecular weight excluding hydrogens is 226 g/mol. The molecule has 1 rings (SSSR count). The zero-order valence-corrected chi connectivity index (χ0v) is 11.1. The van der Waals surface area contributed by atoms with E-state index < -0.39 is 11.6 Å². The molecule has 1 fully saturated rings. The monoisotopic (exact) mass is 245 g/mol. The van der Waals surface area contributed by atoms with Crippen molar-refractivity contribution in [2.45, 2.75) is 39.3 Å². The van der Waals surface area contributed by atoms with E-state index in [1.54, 1.807) is 16.7 Å². The van der Waals surface area contributed by atoms with Gasteiger partial charge in [-0.3, -0.25) is 4.79 Å². The third-order valence-corrected chi connectivity index (χ3v) is 3.23. The lowest BCUT2D eigenvalue weighted by Crippen LogP contribution is -2.51. The van der Waals surface area contributed by atoms with Gasteiger partial charge in [0, 0.05) is 25.0 Å². The molecule has 0 aromatic heterocycles. The minimum absolute atomic E-state index is 0.0591. The molecule has 0 bridgehead atoms. The summed E-state index contributed by atoms with van der Waals surface area (Å²) < 4.78 is 5.31. The van der Waals surface area contributed by atoms with Gasteiger partial charge in [0.2, 0.25) is 5.91 Å². The van der Waals surface area contributed by atoms with Crippen LogP contribution in [0.15, 0.2) is 0 Å². The minimum Gasteiger partial charge on any atom is -0.458 e. The van der Waals surface area contributed by atoms with Crippen LogP contribution in [0.1, 0.15) is 27.7 Å². The van der Waals surface area contributed by atoms with Crippen molar-refractivity contribution in [3.8, 4) is 0 Å². The van der Waals surface area contributed by atoms with Crippen molar-refractivity contribution in [1.82, 2.24) is 4.90 Å². The Kier molecular flexibility index (Phi) is 4.24. The van der Waals surface area contributed by atoms with E-state index in [-0.39, 0.29) is 11.9 Å². The van der Waals surface area contributed by atoms with Crippen LogP contribution in [-0.2, 0) is 14.3 Å². The summed E-state index contributed by atoms with van der Waals surface area (Å²) in [5.74, 6) is 1.17. The number of thioether (sulfide) groups is 1. The maximum Gasteiger partial charge on any atom is 0.330 e. The quantitative estimate of drug-likeness (QED) is 0.653. The number of carbonyl (C=O) groups is 2. The van der Waals surface area contributed by atoms with Crippen LogP contribution in [0.2, 0.25) is 0 Å². The van der Waals surface area contributed by atoms with E-state index in [0.29, 0.717) is 12.3 Å². The first-order valence-electron chi connectivity index (χ1n) is 5.39. The summed E-state index contributed by atoms with van der Waals surface area (Å²) in [6.07, 6.45) is 0. The first-order valence-corrected chi connectivity index (χ1v) is 6.54. The molecule has 0 aromatic rings. The summed E-state index contributed by atoms with van der Waals surface area (Å²) in [4.78, 5) is 24.9. The Morgan fingerprint density at radius 2 is 2.00 bits per heavy atom. The molecule has 0 unspecified atom stereocenters. The summed E-state index contributed by atoms with van der Waals surface area (Å²) in [6, 6.07) is -0.421. The lowest BCUT2D eigenvalue weighted by molar-refractivity contribution is -0.163. The van der Waals surface area contributed by atoms with Gasteiger partial charge in [0.15, 0.2) is 0 Å². The Balaban J connectivity index is 2.68. The van der Waals surface area contributed by atoms with Gasteiger partial charge >= 0.3 is 5.97 Å². The van der Waals surface area contributed by atoms with Crippen molar-refractivity contribution in [2.75, 3.05) is 18.1 Å². The number of hydrogen-bond acceptors (Lipinski definition) is 4. The standard InChI is InChI=1S/C11H19NO3S/c1-8(13)12-5-6-16-7-9(12)10(14)15-11(2,3)4/h9H,5-7H2,1-4H3/t9-/m0/s1. The molecule has 0 N–H and O–H groups in total. The van der Waals surface area contributed by atoms with Crippen molar-refractivity contribution in [2.24, 2.45) is 0 Å². The first kappa shape index (κ1) is 13.4. The van der Waals surface area contributed by atoms with Crippen molar-refractivity contribution in [3.05, 3.63) is 0 Å². The van der Waals surface area contributed by atoms with E-state index in [4.69, 9.17) is 4.74 Å². The maximum atomic E-state index is 11.9. The predicted octanol–water partition coefficient (Wildman–Crippen LogP) is 1.29. The SMILES string of the molecule is CC(=O)N1CCSC[C@H]1C(=O)OC(C)(C)C. The van der Waals surface area contributed by atoms with Crippen molar-refractivity contribution >= 4 is 23.6 Å². The molecule has 5 heteroatoms.